The number of hydrogen-bond donors (Lipinski definition) is 1. The molecule has 5 heteroatoms. The van der Waals surface area contributed by atoms with Crippen LogP contribution in [0.2, 0.25) is 0 Å². The Morgan fingerprint density at radius 2 is 2.16 bits per heavy atom. The van der Waals surface area contributed by atoms with Crippen molar-refractivity contribution in [1.29, 1.82) is 0 Å². The van der Waals surface area contributed by atoms with E-state index in [1.54, 1.807) is 19.5 Å². The predicted molar refractivity (Wildman–Crippen MR) is 81.5 cm³/mol. The lowest BCUT2D eigenvalue weighted by molar-refractivity contribution is 0.414. The number of ether oxygens (including phenoxy) is 1. The molecule has 1 heterocycles. The second kappa shape index (κ2) is 5.93. The van der Waals surface area contributed by atoms with Gasteiger partial charge in [-0.15, -0.1) is 0 Å². The summed E-state index contributed by atoms with van der Waals surface area (Å²) in [5.74, 6) is 0.854. The monoisotopic (exact) mass is 321 g/mol. The Kier molecular flexibility index (Phi) is 4.27. The first-order valence-corrected chi connectivity index (χ1v) is 6.64. The molecule has 0 aliphatic heterocycles. The Bertz CT molecular complexity index is 554. The second-order valence-corrected chi connectivity index (χ2v) is 5.12. The number of nitrogens with zero attached hydrogens (tertiary/aromatic N) is 2. The number of anilines is 2. The molecule has 2 aromatic rings. The Labute approximate surface area is 121 Å². The molecule has 4 nitrogen and oxygen atoms in total. The number of aromatic nitrogens is 1. The zero-order valence-electron chi connectivity index (χ0n) is 10.9. The summed E-state index contributed by atoms with van der Waals surface area (Å²) in [4.78, 5) is 6.12. The van der Waals surface area contributed by atoms with Crippen LogP contribution in [0.25, 0.3) is 0 Å². The van der Waals surface area contributed by atoms with Crippen molar-refractivity contribution < 1.29 is 4.74 Å². The molecule has 0 atom stereocenters. The lowest BCUT2D eigenvalue weighted by atomic mass is 10.2. The van der Waals surface area contributed by atoms with Crippen LogP contribution in [0, 0.1) is 0 Å². The Morgan fingerprint density at radius 3 is 2.84 bits per heavy atom. The number of nitrogen functional groups attached to an aromatic ring is 1. The zero-order chi connectivity index (χ0) is 13.8. The van der Waals surface area contributed by atoms with E-state index >= 15 is 0 Å². The minimum Gasteiger partial charge on any atom is -0.497 e. The molecule has 1 aromatic carbocycles. The van der Waals surface area contributed by atoms with Crippen LogP contribution in [-0.4, -0.2) is 19.1 Å². The average molecular weight is 322 g/mol. The van der Waals surface area contributed by atoms with Crippen molar-refractivity contribution in [1.82, 2.24) is 4.98 Å². The van der Waals surface area contributed by atoms with Gasteiger partial charge in [-0.3, -0.25) is 4.98 Å². The van der Waals surface area contributed by atoms with E-state index < -0.39 is 0 Å². The van der Waals surface area contributed by atoms with E-state index in [2.05, 4.69) is 31.9 Å². The van der Waals surface area contributed by atoms with E-state index in [1.165, 1.54) is 0 Å². The van der Waals surface area contributed by atoms with Crippen molar-refractivity contribution in [2.24, 2.45) is 0 Å². The molecule has 2 rings (SSSR count). The van der Waals surface area contributed by atoms with Crippen molar-refractivity contribution in [2.45, 2.75) is 6.54 Å². The van der Waals surface area contributed by atoms with Crippen molar-refractivity contribution in [2.75, 3.05) is 24.8 Å². The Morgan fingerprint density at radius 1 is 1.37 bits per heavy atom. The minimum atomic E-state index is 0.653. The van der Waals surface area contributed by atoms with Crippen molar-refractivity contribution in [3.63, 3.8) is 0 Å². The van der Waals surface area contributed by atoms with E-state index in [1.807, 2.05) is 25.2 Å². The largest absolute Gasteiger partial charge is 0.497 e. The van der Waals surface area contributed by atoms with Gasteiger partial charge in [-0.25, -0.2) is 0 Å². The first kappa shape index (κ1) is 13.7. The molecule has 0 radical (unpaired) electrons. The Balaban J connectivity index is 2.23. The lowest BCUT2D eigenvalue weighted by Gasteiger charge is -2.22. The second-order valence-electron chi connectivity index (χ2n) is 4.27. The molecule has 0 saturated carbocycles. The highest BCUT2D eigenvalue weighted by Crippen LogP contribution is 2.31. The maximum absolute atomic E-state index is 5.97. The van der Waals surface area contributed by atoms with Gasteiger partial charge in [0.1, 0.15) is 5.75 Å². The van der Waals surface area contributed by atoms with Crippen molar-refractivity contribution in [3.05, 3.63) is 46.7 Å². The topological polar surface area (TPSA) is 51.4 Å². The van der Waals surface area contributed by atoms with Crippen LogP contribution in [0.15, 0.2) is 41.1 Å². The van der Waals surface area contributed by atoms with E-state index in [4.69, 9.17) is 10.5 Å². The van der Waals surface area contributed by atoms with Crippen LogP contribution in [0.4, 0.5) is 11.4 Å². The molecule has 0 amide bonds. The molecule has 1 aromatic heterocycles. The summed E-state index contributed by atoms with van der Waals surface area (Å²) in [5, 5.41) is 0. The molecule has 0 spiro atoms. The number of benzene rings is 1. The highest BCUT2D eigenvalue weighted by molar-refractivity contribution is 9.10. The Hall–Kier alpha value is -1.75. The molecule has 2 N–H and O–H groups in total. The van der Waals surface area contributed by atoms with Gasteiger partial charge in [0.15, 0.2) is 0 Å². The smallest absolute Gasteiger partial charge is 0.119 e. The van der Waals surface area contributed by atoms with Crippen LogP contribution in [0.1, 0.15) is 5.56 Å². The fraction of sp³-hybridized carbons (Fsp3) is 0.214. The molecule has 0 fully saturated rings. The molecule has 100 valence electrons. The van der Waals surface area contributed by atoms with Crippen molar-refractivity contribution >= 4 is 27.3 Å². The third kappa shape index (κ3) is 3.17. The summed E-state index contributed by atoms with van der Waals surface area (Å²) >= 11 is 3.48. The number of nitrogens with two attached hydrogens (primary N) is 1. The van der Waals surface area contributed by atoms with Crippen LogP contribution < -0.4 is 15.4 Å². The number of methoxy groups -OCH3 is 1. The quantitative estimate of drug-likeness (QED) is 0.940. The summed E-state index contributed by atoms with van der Waals surface area (Å²) in [6.07, 6.45) is 3.40. The van der Waals surface area contributed by atoms with Gasteiger partial charge in [-0.2, -0.15) is 0 Å². The SMILES string of the molecule is COc1cccc(CN(C)c2c(N)cncc2Br)c1. The fourth-order valence-corrected chi connectivity index (χ4v) is 2.62. The summed E-state index contributed by atoms with van der Waals surface area (Å²) < 4.78 is 6.11. The zero-order valence-corrected chi connectivity index (χ0v) is 12.5. The highest BCUT2D eigenvalue weighted by Gasteiger charge is 2.10. The summed E-state index contributed by atoms with van der Waals surface area (Å²) in [5.41, 5.74) is 8.73. The molecular weight excluding hydrogens is 306 g/mol. The van der Waals surface area contributed by atoms with Crippen LogP contribution in [-0.2, 0) is 6.54 Å². The van der Waals surface area contributed by atoms with Gasteiger partial charge in [0.2, 0.25) is 0 Å². The first-order valence-electron chi connectivity index (χ1n) is 5.85. The van der Waals surface area contributed by atoms with E-state index in [9.17, 15) is 0 Å². The molecule has 0 saturated heterocycles. The standard InChI is InChI=1S/C14H16BrN3O/c1-18(14-12(15)7-17-8-13(14)16)9-10-4-3-5-11(6-10)19-2/h3-8H,9,16H2,1-2H3. The highest BCUT2D eigenvalue weighted by atomic mass is 79.9. The van der Waals surface area contributed by atoms with Gasteiger partial charge in [-0.1, -0.05) is 12.1 Å². The third-order valence-corrected chi connectivity index (χ3v) is 3.42. The van der Waals surface area contributed by atoms with Crippen LogP contribution in [0.3, 0.4) is 0 Å². The molecule has 0 unspecified atom stereocenters. The summed E-state index contributed by atoms with van der Waals surface area (Å²) in [6.45, 7) is 0.740. The molecule has 0 bridgehead atoms. The number of hydrogen-bond acceptors (Lipinski definition) is 4. The van der Waals surface area contributed by atoms with E-state index in [0.29, 0.717) is 5.69 Å². The molecule has 0 aliphatic carbocycles. The first-order chi connectivity index (χ1) is 9.11. The molecular formula is C14H16BrN3O. The number of halogens is 1. The van der Waals surface area contributed by atoms with E-state index in [-0.39, 0.29) is 0 Å². The number of rotatable bonds is 4. The van der Waals surface area contributed by atoms with E-state index in [0.717, 1.165) is 28.0 Å². The summed E-state index contributed by atoms with van der Waals surface area (Å²) in [6, 6.07) is 7.99. The van der Waals surface area contributed by atoms with Gasteiger partial charge in [0.25, 0.3) is 0 Å². The predicted octanol–water partition coefficient (Wildman–Crippen LogP) is 3.07. The normalized spacial score (nSPS) is 10.3. The van der Waals surface area contributed by atoms with Gasteiger partial charge in [0.05, 0.1) is 29.2 Å². The molecule has 0 aliphatic rings. The maximum Gasteiger partial charge on any atom is 0.119 e. The fourth-order valence-electron chi connectivity index (χ4n) is 1.97. The van der Waals surface area contributed by atoms with Crippen LogP contribution >= 0.6 is 15.9 Å². The summed E-state index contributed by atoms with van der Waals surface area (Å²) in [7, 11) is 3.66. The molecule has 19 heavy (non-hydrogen) atoms. The van der Waals surface area contributed by atoms with Gasteiger partial charge in [-0.05, 0) is 33.6 Å². The number of pyridine rings is 1. The minimum absolute atomic E-state index is 0.653. The lowest BCUT2D eigenvalue weighted by Crippen LogP contribution is -2.18. The van der Waals surface area contributed by atoms with Gasteiger partial charge >= 0.3 is 0 Å². The van der Waals surface area contributed by atoms with Gasteiger partial charge in [0, 0.05) is 19.8 Å². The third-order valence-electron chi connectivity index (χ3n) is 2.84. The van der Waals surface area contributed by atoms with Crippen LogP contribution in [0.5, 0.6) is 5.75 Å². The van der Waals surface area contributed by atoms with Gasteiger partial charge < -0.3 is 15.4 Å². The average Bonchev–Trinajstić information content (AvgIpc) is 2.38. The maximum atomic E-state index is 5.97. The van der Waals surface area contributed by atoms with Crippen molar-refractivity contribution in [3.8, 4) is 5.75 Å².